The average Bonchev–Trinajstić information content (AvgIpc) is 3.39. The van der Waals surface area contributed by atoms with Crippen molar-refractivity contribution in [2.75, 3.05) is 19.7 Å². The molecule has 5 rings (SSSR count). The molecule has 1 spiro atoms. The fourth-order valence-corrected chi connectivity index (χ4v) is 5.48. The summed E-state index contributed by atoms with van der Waals surface area (Å²) in [7, 11) is 0. The Morgan fingerprint density at radius 3 is 3.00 bits per heavy atom. The lowest BCUT2D eigenvalue weighted by Crippen LogP contribution is -2.38. The number of aryl methyl sites for hydroxylation is 1. The summed E-state index contributed by atoms with van der Waals surface area (Å²) in [6, 6.07) is 9.23. The number of ether oxygens (including phenoxy) is 1. The van der Waals surface area contributed by atoms with Gasteiger partial charge in [-0.3, -0.25) is 4.79 Å². The van der Waals surface area contributed by atoms with E-state index in [4.69, 9.17) is 20.8 Å². The second-order valence-corrected chi connectivity index (χ2v) is 8.37. The molecule has 3 fully saturated rings. The average molecular weight is 388 g/mol. The highest BCUT2D eigenvalue weighted by Gasteiger charge is 2.63. The van der Waals surface area contributed by atoms with Gasteiger partial charge in [-0.05, 0) is 38.0 Å². The topological polar surface area (TPSA) is 62.9 Å². The van der Waals surface area contributed by atoms with Gasteiger partial charge < -0.3 is 19.2 Å². The van der Waals surface area contributed by atoms with Gasteiger partial charge in [-0.2, -0.15) is 0 Å². The monoisotopic (exact) mass is 387 g/mol. The Morgan fingerprint density at radius 2 is 2.22 bits per heavy atom. The zero-order valence-corrected chi connectivity index (χ0v) is 15.9. The highest BCUT2D eigenvalue weighted by Crippen LogP contribution is 2.54. The van der Waals surface area contributed by atoms with Gasteiger partial charge in [0.05, 0.1) is 28.8 Å². The number of halogens is 1. The highest BCUT2D eigenvalue weighted by molar-refractivity contribution is 6.33. The third-order valence-electron chi connectivity index (χ3n) is 6.57. The van der Waals surface area contributed by atoms with E-state index in [1.54, 1.807) is 19.1 Å². The minimum Gasteiger partial charge on any atom is -0.460 e. The predicted octanol–water partition coefficient (Wildman–Crippen LogP) is 3.52. The number of nitrogens with zero attached hydrogens (tertiary/aromatic N) is 1. The fourth-order valence-electron chi connectivity index (χ4n) is 5.25. The van der Waals surface area contributed by atoms with E-state index >= 15 is 0 Å². The summed E-state index contributed by atoms with van der Waals surface area (Å²) in [5, 5.41) is 10.4. The first kappa shape index (κ1) is 17.3. The van der Waals surface area contributed by atoms with Gasteiger partial charge >= 0.3 is 0 Å². The molecule has 4 atom stereocenters. The lowest BCUT2D eigenvalue weighted by atomic mass is 9.74. The van der Waals surface area contributed by atoms with Crippen molar-refractivity contribution in [3.63, 3.8) is 0 Å². The van der Waals surface area contributed by atoms with Crippen molar-refractivity contribution in [3.8, 4) is 11.3 Å². The van der Waals surface area contributed by atoms with Crippen LogP contribution in [0.2, 0.25) is 5.02 Å². The maximum absolute atomic E-state index is 13.2. The zero-order valence-electron chi connectivity index (χ0n) is 15.2. The molecule has 1 aromatic carbocycles. The molecule has 0 saturated carbocycles. The van der Waals surface area contributed by atoms with Crippen molar-refractivity contribution in [3.05, 3.63) is 46.7 Å². The van der Waals surface area contributed by atoms with E-state index in [2.05, 4.69) is 0 Å². The Balaban J connectivity index is 1.42. The van der Waals surface area contributed by atoms with Crippen molar-refractivity contribution < 1.29 is 19.1 Å². The van der Waals surface area contributed by atoms with Crippen LogP contribution >= 0.6 is 11.6 Å². The number of aliphatic hydroxyl groups excluding tert-OH is 1. The SMILES string of the molecule is Cc1oc(-c2ccccc2Cl)cc1C(=O)N1C[C@H]2[C@@H](CO)[C@@H]3CC[C@@]2(C1)O3. The standard InChI is InChI=1S/C21H22ClNO4/c1-12-14(8-19(26-12)13-4-2-3-5-17(13)22)20(25)23-9-16-15(10-24)18-6-7-21(16,11-23)27-18/h2-5,8,15-16,18,24H,6-7,9-11H2,1H3/t15-,16+,18+,21+/m1/s1. The number of fused-ring (bicyclic) bond motifs is 1. The minimum absolute atomic E-state index is 0.0398. The molecule has 2 aromatic rings. The van der Waals surface area contributed by atoms with Crippen LogP contribution in [0.5, 0.6) is 0 Å². The third kappa shape index (κ3) is 2.49. The van der Waals surface area contributed by atoms with E-state index in [1.165, 1.54) is 0 Å². The van der Waals surface area contributed by atoms with Gasteiger partial charge in [0.1, 0.15) is 11.5 Å². The molecule has 0 unspecified atom stereocenters. The summed E-state index contributed by atoms with van der Waals surface area (Å²) in [6.45, 7) is 3.16. The number of hydrogen-bond donors (Lipinski definition) is 1. The van der Waals surface area contributed by atoms with Gasteiger partial charge in [-0.1, -0.05) is 23.7 Å². The van der Waals surface area contributed by atoms with Crippen molar-refractivity contribution in [1.29, 1.82) is 0 Å². The van der Waals surface area contributed by atoms with E-state index < -0.39 is 0 Å². The summed E-state index contributed by atoms with van der Waals surface area (Å²) < 4.78 is 12.1. The first-order valence-corrected chi connectivity index (χ1v) is 9.83. The van der Waals surface area contributed by atoms with Gasteiger partial charge in [0.15, 0.2) is 0 Å². The van der Waals surface area contributed by atoms with E-state index in [0.717, 1.165) is 18.4 Å². The van der Waals surface area contributed by atoms with Crippen LogP contribution < -0.4 is 0 Å². The zero-order chi connectivity index (χ0) is 18.8. The van der Waals surface area contributed by atoms with Crippen LogP contribution in [-0.2, 0) is 4.74 Å². The van der Waals surface area contributed by atoms with E-state index in [1.807, 2.05) is 23.1 Å². The molecule has 27 heavy (non-hydrogen) atoms. The normalized spacial score (nSPS) is 31.5. The molecule has 2 bridgehead atoms. The lowest BCUT2D eigenvalue weighted by Gasteiger charge is -2.27. The molecular weight excluding hydrogens is 366 g/mol. The summed E-state index contributed by atoms with van der Waals surface area (Å²) in [4.78, 5) is 15.1. The number of furan rings is 1. The molecule has 3 aliphatic heterocycles. The number of amides is 1. The Hall–Kier alpha value is -1.82. The number of benzene rings is 1. The van der Waals surface area contributed by atoms with Crippen molar-refractivity contribution >= 4 is 17.5 Å². The molecule has 1 amide bonds. The largest absolute Gasteiger partial charge is 0.460 e. The highest BCUT2D eigenvalue weighted by atomic mass is 35.5. The molecule has 6 heteroatoms. The Bertz CT molecular complexity index is 909. The van der Waals surface area contributed by atoms with Crippen LogP contribution in [0.15, 0.2) is 34.7 Å². The first-order chi connectivity index (χ1) is 13.0. The predicted molar refractivity (Wildman–Crippen MR) is 101 cm³/mol. The third-order valence-corrected chi connectivity index (χ3v) is 6.90. The van der Waals surface area contributed by atoms with Gasteiger partial charge in [-0.25, -0.2) is 0 Å². The Morgan fingerprint density at radius 1 is 1.41 bits per heavy atom. The number of aliphatic hydroxyl groups is 1. The van der Waals surface area contributed by atoms with Crippen molar-refractivity contribution in [2.45, 2.75) is 31.5 Å². The van der Waals surface area contributed by atoms with E-state index in [9.17, 15) is 9.90 Å². The quantitative estimate of drug-likeness (QED) is 0.875. The van der Waals surface area contributed by atoms with Crippen LogP contribution in [0.25, 0.3) is 11.3 Å². The second-order valence-electron chi connectivity index (χ2n) is 7.96. The molecule has 3 saturated heterocycles. The number of hydrogen-bond acceptors (Lipinski definition) is 4. The van der Waals surface area contributed by atoms with Crippen LogP contribution in [0.3, 0.4) is 0 Å². The van der Waals surface area contributed by atoms with Crippen LogP contribution in [-0.4, -0.2) is 47.3 Å². The van der Waals surface area contributed by atoms with Crippen molar-refractivity contribution in [2.24, 2.45) is 11.8 Å². The van der Waals surface area contributed by atoms with E-state index in [-0.39, 0.29) is 36.1 Å². The summed E-state index contributed by atoms with van der Waals surface area (Å²) in [6.07, 6.45) is 2.10. The maximum atomic E-state index is 13.2. The number of carbonyl (C=O) groups excluding carboxylic acids is 1. The summed E-state index contributed by atoms with van der Waals surface area (Å²) in [5.74, 6) is 1.51. The Labute approximate surface area is 162 Å². The van der Waals surface area contributed by atoms with Gasteiger partial charge in [0.2, 0.25) is 0 Å². The van der Waals surface area contributed by atoms with Crippen molar-refractivity contribution in [1.82, 2.24) is 4.90 Å². The van der Waals surface area contributed by atoms with Gasteiger partial charge in [0.25, 0.3) is 5.91 Å². The Kier molecular flexibility index (Phi) is 3.90. The van der Waals surface area contributed by atoms with Gasteiger partial charge in [0, 0.05) is 30.6 Å². The van der Waals surface area contributed by atoms with E-state index in [0.29, 0.717) is 35.2 Å². The molecular formula is C21H22ClNO4. The molecule has 3 aliphatic rings. The van der Waals surface area contributed by atoms with Gasteiger partial charge in [-0.15, -0.1) is 0 Å². The number of carbonyl (C=O) groups is 1. The second kappa shape index (κ2) is 6.09. The maximum Gasteiger partial charge on any atom is 0.257 e. The number of likely N-dealkylation sites (tertiary alicyclic amines) is 1. The number of rotatable bonds is 3. The summed E-state index contributed by atoms with van der Waals surface area (Å²) in [5.41, 5.74) is 1.08. The fraction of sp³-hybridized carbons (Fsp3) is 0.476. The molecule has 0 radical (unpaired) electrons. The molecule has 4 heterocycles. The molecule has 1 aromatic heterocycles. The molecule has 142 valence electrons. The van der Waals surface area contributed by atoms with Crippen LogP contribution in [0.1, 0.15) is 29.0 Å². The minimum atomic E-state index is -0.267. The lowest BCUT2D eigenvalue weighted by molar-refractivity contribution is 0.00152. The van der Waals surface area contributed by atoms with Crippen LogP contribution in [0.4, 0.5) is 0 Å². The molecule has 0 aliphatic carbocycles. The molecule has 5 nitrogen and oxygen atoms in total. The molecule has 1 N–H and O–H groups in total. The van der Waals surface area contributed by atoms with Crippen LogP contribution in [0, 0.1) is 18.8 Å². The summed E-state index contributed by atoms with van der Waals surface area (Å²) >= 11 is 6.27. The smallest absolute Gasteiger partial charge is 0.257 e. The first-order valence-electron chi connectivity index (χ1n) is 9.46.